The number of fused-ring (bicyclic) bond motifs is 1. The Bertz CT molecular complexity index is 1170. The number of aromatic nitrogens is 2. The summed E-state index contributed by atoms with van der Waals surface area (Å²) < 4.78 is 5.40. The third-order valence-corrected chi connectivity index (χ3v) is 5.47. The van der Waals surface area contributed by atoms with Crippen LogP contribution in [0.4, 0.5) is 0 Å². The first-order chi connectivity index (χ1) is 15.0. The van der Waals surface area contributed by atoms with E-state index in [0.29, 0.717) is 34.6 Å². The lowest BCUT2D eigenvalue weighted by molar-refractivity contribution is 0.0943. The smallest absolute Gasteiger partial charge is 0.259 e. The molecule has 4 rings (SSSR count). The van der Waals surface area contributed by atoms with E-state index in [9.17, 15) is 4.79 Å². The van der Waals surface area contributed by atoms with E-state index in [-0.39, 0.29) is 11.9 Å². The van der Waals surface area contributed by atoms with Crippen LogP contribution >= 0.6 is 0 Å². The Morgan fingerprint density at radius 1 is 1.06 bits per heavy atom. The minimum atomic E-state index is -0.157. The normalized spacial score (nSPS) is 12.3. The number of benzene rings is 2. The van der Waals surface area contributed by atoms with Gasteiger partial charge in [-0.1, -0.05) is 65.8 Å². The Hall–Kier alpha value is -3.51. The summed E-state index contributed by atoms with van der Waals surface area (Å²) in [5.41, 5.74) is 4.39. The summed E-state index contributed by atoms with van der Waals surface area (Å²) in [5.74, 6) is -0.157. The van der Waals surface area contributed by atoms with Crippen LogP contribution in [-0.2, 0) is 6.42 Å². The van der Waals surface area contributed by atoms with Crippen LogP contribution in [-0.4, -0.2) is 47.6 Å². The predicted octanol–water partition coefficient (Wildman–Crippen LogP) is 4.10. The van der Waals surface area contributed by atoms with Crippen molar-refractivity contribution in [1.29, 1.82) is 0 Å². The molecule has 1 amide bonds. The van der Waals surface area contributed by atoms with Crippen molar-refractivity contribution in [2.45, 2.75) is 19.4 Å². The van der Waals surface area contributed by atoms with Crippen LogP contribution in [0.1, 0.15) is 21.6 Å². The number of hydrogen-bond donors (Lipinski definition) is 1. The fraction of sp³-hybridized carbons (Fsp3) is 0.240. The molecule has 0 fully saturated rings. The Morgan fingerprint density at radius 2 is 1.74 bits per heavy atom. The van der Waals surface area contributed by atoms with Crippen LogP contribution in [0, 0.1) is 6.92 Å². The summed E-state index contributed by atoms with van der Waals surface area (Å²) in [5, 5.41) is 7.79. The van der Waals surface area contributed by atoms with E-state index in [0.717, 1.165) is 12.0 Å². The minimum Gasteiger partial charge on any atom is -0.350 e. The Morgan fingerprint density at radius 3 is 2.42 bits per heavy atom. The lowest BCUT2D eigenvalue weighted by atomic mass is 10.0. The highest BCUT2D eigenvalue weighted by Gasteiger charge is 2.21. The monoisotopic (exact) mass is 414 g/mol. The van der Waals surface area contributed by atoms with Gasteiger partial charge in [0.25, 0.3) is 11.6 Å². The first-order valence-electron chi connectivity index (χ1n) is 10.3. The maximum Gasteiger partial charge on any atom is 0.259 e. The van der Waals surface area contributed by atoms with Gasteiger partial charge in [0, 0.05) is 18.2 Å². The summed E-state index contributed by atoms with van der Waals surface area (Å²) in [4.78, 5) is 20.0. The van der Waals surface area contributed by atoms with Crippen molar-refractivity contribution in [3.8, 4) is 11.3 Å². The summed E-state index contributed by atoms with van der Waals surface area (Å²) >= 11 is 0. The van der Waals surface area contributed by atoms with Gasteiger partial charge in [-0.2, -0.15) is 0 Å². The van der Waals surface area contributed by atoms with Crippen molar-refractivity contribution < 1.29 is 9.32 Å². The first-order valence-corrected chi connectivity index (χ1v) is 10.3. The van der Waals surface area contributed by atoms with Gasteiger partial charge in [0.2, 0.25) is 0 Å². The SMILES string of the molecule is Cc1noc2nc(-c3ccccc3)cc(C(=O)NCC(Cc3ccccc3)N(C)C)c12. The average molecular weight is 415 g/mol. The predicted molar refractivity (Wildman–Crippen MR) is 122 cm³/mol. The van der Waals surface area contributed by atoms with Gasteiger partial charge in [0.1, 0.15) is 0 Å². The standard InChI is InChI=1S/C25H26N4O2/c1-17-23-21(15-22(27-25(23)31-28-17)19-12-8-5-9-13-19)24(30)26-16-20(29(2)3)14-18-10-6-4-7-11-18/h4-13,15,20H,14,16H2,1-3H3,(H,26,30). The van der Waals surface area contributed by atoms with E-state index in [1.54, 1.807) is 0 Å². The molecule has 31 heavy (non-hydrogen) atoms. The van der Waals surface area contributed by atoms with Gasteiger partial charge in [-0.25, -0.2) is 4.98 Å². The highest BCUT2D eigenvalue weighted by atomic mass is 16.5. The Labute approximate surface area is 181 Å². The maximum atomic E-state index is 13.2. The van der Waals surface area contributed by atoms with Crippen molar-refractivity contribution in [3.05, 3.63) is 83.6 Å². The lowest BCUT2D eigenvalue weighted by Crippen LogP contribution is -2.41. The zero-order valence-electron chi connectivity index (χ0n) is 18.0. The molecule has 0 saturated carbocycles. The molecule has 158 valence electrons. The van der Waals surface area contributed by atoms with Crippen LogP contribution in [0.25, 0.3) is 22.4 Å². The molecule has 0 aliphatic heterocycles. The first kappa shape index (κ1) is 20.8. The topological polar surface area (TPSA) is 71.3 Å². The number of amides is 1. The quantitative estimate of drug-likeness (QED) is 0.493. The fourth-order valence-corrected chi connectivity index (χ4v) is 3.66. The third-order valence-electron chi connectivity index (χ3n) is 5.47. The highest BCUT2D eigenvalue weighted by molar-refractivity contribution is 6.07. The zero-order chi connectivity index (χ0) is 21.8. The number of nitrogens with zero attached hydrogens (tertiary/aromatic N) is 3. The van der Waals surface area contributed by atoms with Crippen molar-refractivity contribution in [3.63, 3.8) is 0 Å². The van der Waals surface area contributed by atoms with Crippen LogP contribution < -0.4 is 5.32 Å². The summed E-state index contributed by atoms with van der Waals surface area (Å²) in [7, 11) is 4.06. The van der Waals surface area contributed by atoms with Crippen molar-refractivity contribution >= 4 is 17.0 Å². The molecular formula is C25H26N4O2. The molecule has 0 bridgehead atoms. The second-order valence-electron chi connectivity index (χ2n) is 7.89. The van der Waals surface area contributed by atoms with E-state index in [1.807, 2.05) is 75.6 Å². The number of carbonyl (C=O) groups is 1. The van der Waals surface area contributed by atoms with E-state index in [2.05, 4.69) is 32.5 Å². The van der Waals surface area contributed by atoms with Crippen LogP contribution in [0.2, 0.25) is 0 Å². The van der Waals surface area contributed by atoms with Gasteiger partial charge in [-0.05, 0) is 39.1 Å². The van der Waals surface area contributed by atoms with Crippen molar-refractivity contribution in [2.24, 2.45) is 0 Å². The average Bonchev–Trinajstić information content (AvgIpc) is 3.17. The molecule has 2 heterocycles. The molecule has 1 N–H and O–H groups in total. The molecule has 6 nitrogen and oxygen atoms in total. The Balaban J connectivity index is 1.60. The summed E-state index contributed by atoms with van der Waals surface area (Å²) in [6, 6.07) is 22.0. The van der Waals surface area contributed by atoms with Gasteiger partial charge in [-0.3, -0.25) is 4.79 Å². The summed E-state index contributed by atoms with van der Waals surface area (Å²) in [6.45, 7) is 2.35. The van der Waals surface area contributed by atoms with Gasteiger partial charge >= 0.3 is 0 Å². The highest BCUT2D eigenvalue weighted by Crippen LogP contribution is 2.27. The van der Waals surface area contributed by atoms with E-state index in [4.69, 9.17) is 4.52 Å². The van der Waals surface area contributed by atoms with Gasteiger partial charge in [0.05, 0.1) is 22.3 Å². The Kier molecular flexibility index (Phi) is 6.09. The van der Waals surface area contributed by atoms with E-state index < -0.39 is 0 Å². The number of carbonyl (C=O) groups excluding carboxylic acids is 1. The molecule has 1 atom stereocenters. The second kappa shape index (κ2) is 9.10. The molecule has 1 unspecified atom stereocenters. The fourth-order valence-electron chi connectivity index (χ4n) is 3.66. The minimum absolute atomic E-state index is 0.157. The molecule has 0 radical (unpaired) electrons. The number of nitrogens with one attached hydrogen (secondary N) is 1. The molecule has 0 aliphatic rings. The van der Waals surface area contributed by atoms with Crippen molar-refractivity contribution in [1.82, 2.24) is 20.4 Å². The molecule has 2 aromatic carbocycles. The third kappa shape index (κ3) is 4.64. The number of likely N-dealkylation sites (N-methyl/N-ethyl adjacent to an activating group) is 1. The molecule has 2 aromatic heterocycles. The summed E-state index contributed by atoms with van der Waals surface area (Å²) in [6.07, 6.45) is 0.849. The lowest BCUT2D eigenvalue weighted by Gasteiger charge is -2.25. The molecule has 0 aliphatic carbocycles. The van der Waals surface area contributed by atoms with Gasteiger partial charge in [0.15, 0.2) is 0 Å². The van der Waals surface area contributed by atoms with Crippen molar-refractivity contribution in [2.75, 3.05) is 20.6 Å². The molecule has 4 aromatic rings. The van der Waals surface area contributed by atoms with Crippen LogP contribution in [0.15, 0.2) is 71.3 Å². The molecule has 6 heteroatoms. The number of aryl methyl sites for hydroxylation is 1. The largest absolute Gasteiger partial charge is 0.350 e. The van der Waals surface area contributed by atoms with Gasteiger partial charge in [-0.15, -0.1) is 0 Å². The number of rotatable bonds is 7. The second-order valence-corrected chi connectivity index (χ2v) is 7.89. The van der Waals surface area contributed by atoms with Gasteiger partial charge < -0.3 is 14.7 Å². The van der Waals surface area contributed by atoms with E-state index >= 15 is 0 Å². The molecular weight excluding hydrogens is 388 g/mol. The van der Waals surface area contributed by atoms with Crippen LogP contribution in [0.3, 0.4) is 0 Å². The van der Waals surface area contributed by atoms with Crippen LogP contribution in [0.5, 0.6) is 0 Å². The van der Waals surface area contributed by atoms with E-state index in [1.165, 1.54) is 5.56 Å². The number of pyridine rings is 1. The molecule has 0 spiro atoms. The molecule has 0 saturated heterocycles. The number of hydrogen-bond acceptors (Lipinski definition) is 5. The maximum absolute atomic E-state index is 13.2. The zero-order valence-corrected chi connectivity index (χ0v) is 18.0.